The van der Waals surface area contributed by atoms with Crippen molar-refractivity contribution in [1.29, 1.82) is 0 Å². The second-order valence-corrected chi connectivity index (χ2v) is 4.51. The summed E-state index contributed by atoms with van der Waals surface area (Å²) < 4.78 is 0. The maximum absolute atomic E-state index is 11.5. The molecule has 0 aromatic carbocycles. The highest BCUT2D eigenvalue weighted by Crippen LogP contribution is 2.22. The molecule has 1 heterocycles. The van der Waals surface area contributed by atoms with Crippen LogP contribution in [0.2, 0.25) is 0 Å². The molecule has 1 atom stereocenters. The fourth-order valence-corrected chi connectivity index (χ4v) is 2.08. The Morgan fingerprint density at radius 1 is 1.12 bits per heavy atom. The van der Waals surface area contributed by atoms with Gasteiger partial charge in [-0.2, -0.15) is 0 Å². The second-order valence-electron chi connectivity index (χ2n) is 4.51. The monoisotopic (exact) mass is 240 g/mol. The summed E-state index contributed by atoms with van der Waals surface area (Å²) in [5.41, 5.74) is 0. The van der Waals surface area contributed by atoms with Crippen molar-refractivity contribution in [1.82, 2.24) is 10.6 Å². The maximum atomic E-state index is 11.5. The number of hydrogen-bond donors (Lipinski definition) is 2. The Balaban J connectivity index is 2.55. The molecule has 1 aliphatic rings. The molecule has 0 unspecified atom stereocenters. The highest BCUT2D eigenvalue weighted by molar-refractivity contribution is 6.16. The van der Waals surface area contributed by atoms with Gasteiger partial charge in [0.2, 0.25) is 11.8 Å². The third-order valence-electron chi connectivity index (χ3n) is 3.22. The van der Waals surface area contributed by atoms with Gasteiger partial charge in [-0.3, -0.25) is 20.2 Å². The molecule has 5 heteroatoms. The Hall–Kier alpha value is -1.39. The molecule has 0 aliphatic carbocycles. The number of carbonyl (C=O) groups is 3. The van der Waals surface area contributed by atoms with E-state index >= 15 is 0 Å². The van der Waals surface area contributed by atoms with Gasteiger partial charge in [-0.25, -0.2) is 4.79 Å². The molecule has 0 spiro atoms. The molecular formula is C12H20N2O3. The SMILES string of the molecule is CCCC[C@H](CC)CC1C(=O)NC(=O)NC1=O. The van der Waals surface area contributed by atoms with Gasteiger partial charge in [0.25, 0.3) is 0 Å². The molecule has 0 aromatic heterocycles. The van der Waals surface area contributed by atoms with Crippen molar-refractivity contribution in [2.45, 2.75) is 46.0 Å². The van der Waals surface area contributed by atoms with Crippen molar-refractivity contribution < 1.29 is 14.4 Å². The summed E-state index contributed by atoms with van der Waals surface area (Å²) in [7, 11) is 0. The maximum Gasteiger partial charge on any atom is 0.328 e. The molecule has 96 valence electrons. The predicted molar refractivity (Wildman–Crippen MR) is 63.1 cm³/mol. The summed E-state index contributed by atoms with van der Waals surface area (Å²) in [6, 6.07) is -0.710. The minimum Gasteiger partial charge on any atom is -0.277 e. The van der Waals surface area contributed by atoms with Crippen LogP contribution in [-0.2, 0) is 9.59 Å². The summed E-state index contributed by atoms with van der Waals surface area (Å²) in [4.78, 5) is 34.0. The lowest BCUT2D eigenvalue weighted by atomic mass is 9.87. The van der Waals surface area contributed by atoms with E-state index in [4.69, 9.17) is 0 Å². The van der Waals surface area contributed by atoms with Gasteiger partial charge in [0, 0.05) is 0 Å². The second kappa shape index (κ2) is 6.37. The lowest BCUT2D eigenvalue weighted by Gasteiger charge is -2.24. The predicted octanol–water partition coefficient (Wildman–Crippen LogP) is 1.58. The van der Waals surface area contributed by atoms with Crippen LogP contribution in [0.3, 0.4) is 0 Å². The van der Waals surface area contributed by atoms with E-state index in [1.165, 1.54) is 0 Å². The first-order chi connectivity index (χ1) is 8.08. The quantitative estimate of drug-likeness (QED) is 0.692. The number of nitrogens with one attached hydrogen (secondary N) is 2. The molecule has 0 aromatic rings. The van der Waals surface area contributed by atoms with Crippen LogP contribution in [0.1, 0.15) is 46.0 Å². The summed E-state index contributed by atoms with van der Waals surface area (Å²) >= 11 is 0. The highest BCUT2D eigenvalue weighted by Gasteiger charge is 2.35. The summed E-state index contributed by atoms with van der Waals surface area (Å²) in [6.07, 6.45) is 4.72. The summed E-state index contributed by atoms with van der Waals surface area (Å²) in [5.74, 6) is -1.28. The van der Waals surface area contributed by atoms with Crippen LogP contribution in [-0.4, -0.2) is 17.8 Å². The molecule has 1 saturated heterocycles. The van der Waals surface area contributed by atoms with Crippen LogP contribution >= 0.6 is 0 Å². The van der Waals surface area contributed by atoms with Crippen molar-refractivity contribution in [3.63, 3.8) is 0 Å². The van der Waals surface area contributed by atoms with E-state index in [2.05, 4.69) is 24.5 Å². The highest BCUT2D eigenvalue weighted by atomic mass is 16.2. The largest absolute Gasteiger partial charge is 0.328 e. The number of urea groups is 1. The van der Waals surface area contributed by atoms with Crippen molar-refractivity contribution in [3.05, 3.63) is 0 Å². The van der Waals surface area contributed by atoms with E-state index in [1.807, 2.05) is 0 Å². The Labute approximate surface area is 101 Å². The van der Waals surface area contributed by atoms with E-state index < -0.39 is 23.8 Å². The van der Waals surface area contributed by atoms with E-state index in [-0.39, 0.29) is 0 Å². The third kappa shape index (κ3) is 3.84. The first-order valence-corrected chi connectivity index (χ1v) is 6.24. The zero-order valence-electron chi connectivity index (χ0n) is 10.4. The van der Waals surface area contributed by atoms with Crippen LogP contribution in [0.4, 0.5) is 4.79 Å². The van der Waals surface area contributed by atoms with Crippen molar-refractivity contribution in [2.24, 2.45) is 11.8 Å². The van der Waals surface area contributed by atoms with Gasteiger partial charge in [-0.05, 0) is 12.3 Å². The molecule has 5 nitrogen and oxygen atoms in total. The first-order valence-electron chi connectivity index (χ1n) is 6.24. The van der Waals surface area contributed by atoms with Crippen LogP contribution in [0, 0.1) is 11.8 Å². The molecular weight excluding hydrogens is 220 g/mol. The van der Waals surface area contributed by atoms with Gasteiger partial charge in [-0.15, -0.1) is 0 Å². The average molecular weight is 240 g/mol. The van der Waals surface area contributed by atoms with E-state index in [0.29, 0.717) is 12.3 Å². The van der Waals surface area contributed by atoms with Crippen LogP contribution in [0.15, 0.2) is 0 Å². The number of barbiturate groups is 1. The number of amides is 4. The third-order valence-corrected chi connectivity index (χ3v) is 3.22. The van der Waals surface area contributed by atoms with Gasteiger partial charge in [-0.1, -0.05) is 39.5 Å². The molecule has 1 fully saturated rings. The number of unbranched alkanes of at least 4 members (excludes halogenated alkanes) is 1. The minimum atomic E-state index is -0.713. The first kappa shape index (κ1) is 13.7. The van der Waals surface area contributed by atoms with Gasteiger partial charge in [0.1, 0.15) is 5.92 Å². The van der Waals surface area contributed by atoms with Crippen LogP contribution < -0.4 is 10.6 Å². The van der Waals surface area contributed by atoms with E-state index in [1.54, 1.807) is 0 Å². The summed E-state index contributed by atoms with van der Waals surface area (Å²) in [5, 5.41) is 4.27. The minimum absolute atomic E-state index is 0.365. The standard InChI is InChI=1S/C12H20N2O3/c1-3-5-6-8(4-2)7-9-10(15)13-12(17)14-11(9)16/h8-9H,3-7H2,1-2H3,(H2,13,14,15,16,17)/t8-/m0/s1. The fourth-order valence-electron chi connectivity index (χ4n) is 2.08. The number of carbonyl (C=O) groups excluding carboxylic acids is 3. The molecule has 0 bridgehead atoms. The molecule has 1 aliphatic heterocycles. The van der Waals surface area contributed by atoms with Gasteiger partial charge in [0.15, 0.2) is 0 Å². The van der Waals surface area contributed by atoms with Crippen LogP contribution in [0.25, 0.3) is 0 Å². The fraction of sp³-hybridized carbons (Fsp3) is 0.750. The smallest absolute Gasteiger partial charge is 0.277 e. The molecule has 17 heavy (non-hydrogen) atoms. The molecule has 2 N–H and O–H groups in total. The zero-order chi connectivity index (χ0) is 12.8. The number of hydrogen-bond acceptors (Lipinski definition) is 3. The molecule has 4 amide bonds. The van der Waals surface area contributed by atoms with E-state index in [0.717, 1.165) is 25.7 Å². The van der Waals surface area contributed by atoms with Gasteiger partial charge in [0.05, 0.1) is 0 Å². The zero-order valence-corrected chi connectivity index (χ0v) is 10.4. The lowest BCUT2D eigenvalue weighted by Crippen LogP contribution is -2.56. The summed E-state index contributed by atoms with van der Waals surface area (Å²) in [6.45, 7) is 4.18. The molecule has 0 saturated carbocycles. The normalized spacial score (nSPS) is 18.8. The Kier molecular flexibility index (Phi) is 5.12. The Morgan fingerprint density at radius 3 is 2.18 bits per heavy atom. The number of rotatable bonds is 6. The Bertz CT molecular complexity index is 295. The van der Waals surface area contributed by atoms with Gasteiger partial charge >= 0.3 is 6.03 Å². The lowest BCUT2D eigenvalue weighted by molar-refractivity contribution is -0.136. The van der Waals surface area contributed by atoms with Gasteiger partial charge < -0.3 is 0 Å². The Morgan fingerprint density at radius 2 is 1.71 bits per heavy atom. The van der Waals surface area contributed by atoms with Crippen molar-refractivity contribution in [2.75, 3.05) is 0 Å². The molecule has 0 radical (unpaired) electrons. The van der Waals surface area contributed by atoms with E-state index in [9.17, 15) is 14.4 Å². The average Bonchev–Trinajstić information content (AvgIpc) is 2.27. The van der Waals surface area contributed by atoms with Crippen LogP contribution in [0.5, 0.6) is 0 Å². The number of imide groups is 2. The van der Waals surface area contributed by atoms with Crippen molar-refractivity contribution >= 4 is 17.8 Å². The van der Waals surface area contributed by atoms with Crippen molar-refractivity contribution in [3.8, 4) is 0 Å². The topological polar surface area (TPSA) is 75.3 Å². The molecule has 1 rings (SSSR count).